The van der Waals surface area contributed by atoms with Gasteiger partial charge in [0.15, 0.2) is 17.7 Å². The molecule has 22 heavy (non-hydrogen) atoms. The van der Waals surface area contributed by atoms with E-state index in [9.17, 15) is 8.42 Å². The van der Waals surface area contributed by atoms with Crippen LogP contribution in [0.15, 0.2) is 0 Å². The van der Waals surface area contributed by atoms with Gasteiger partial charge in [0.25, 0.3) is 10.1 Å². The molecule has 0 amide bonds. The third kappa shape index (κ3) is 3.03. The van der Waals surface area contributed by atoms with Crippen LogP contribution in [0.2, 0.25) is 0 Å². The fourth-order valence-electron chi connectivity index (χ4n) is 3.08. The van der Waals surface area contributed by atoms with Crippen molar-refractivity contribution in [2.24, 2.45) is 0 Å². The number of rotatable bonds is 2. The summed E-state index contributed by atoms with van der Waals surface area (Å²) in [7, 11) is -3.75. The summed E-state index contributed by atoms with van der Waals surface area (Å²) in [5.41, 5.74) is 0. The summed E-state index contributed by atoms with van der Waals surface area (Å²) < 4.78 is 57.4. The maximum Gasteiger partial charge on any atom is 0.264 e. The summed E-state index contributed by atoms with van der Waals surface area (Å²) in [6.45, 7) is 7.22. The minimum absolute atomic E-state index is 0.0488. The van der Waals surface area contributed by atoms with Crippen molar-refractivity contribution in [2.75, 3.05) is 19.5 Å². The first-order valence-electron chi connectivity index (χ1n) is 7.13. The van der Waals surface area contributed by atoms with Gasteiger partial charge in [0.2, 0.25) is 5.79 Å². The van der Waals surface area contributed by atoms with Crippen molar-refractivity contribution < 1.29 is 36.3 Å². The Morgan fingerprint density at radius 1 is 1.05 bits per heavy atom. The van der Waals surface area contributed by atoms with Gasteiger partial charge in [-0.15, -0.1) is 0 Å². The predicted molar refractivity (Wildman–Crippen MR) is 73.3 cm³/mol. The molecule has 0 bridgehead atoms. The van der Waals surface area contributed by atoms with Crippen LogP contribution in [0, 0.1) is 0 Å². The van der Waals surface area contributed by atoms with Gasteiger partial charge in [-0.3, -0.25) is 4.18 Å². The van der Waals surface area contributed by atoms with Gasteiger partial charge in [0.1, 0.15) is 18.8 Å². The first kappa shape index (κ1) is 16.6. The summed E-state index contributed by atoms with van der Waals surface area (Å²) in [5.74, 6) is -3.09. The Balaban J connectivity index is 1.94. The van der Waals surface area contributed by atoms with Crippen molar-refractivity contribution in [3.05, 3.63) is 0 Å². The Morgan fingerprint density at radius 2 is 1.73 bits per heavy atom. The number of hydrogen-bond donors (Lipinski definition) is 0. The third-order valence-electron chi connectivity index (χ3n) is 3.76. The molecule has 0 radical (unpaired) electrons. The average Bonchev–Trinajstić information content (AvgIpc) is 2.79. The molecule has 0 aromatic carbocycles. The molecule has 3 heterocycles. The predicted octanol–water partition coefficient (Wildman–Crippen LogP) is 0.361. The van der Waals surface area contributed by atoms with Gasteiger partial charge in [-0.25, -0.2) is 0 Å². The Kier molecular flexibility index (Phi) is 3.65. The van der Waals surface area contributed by atoms with Crippen LogP contribution in [-0.4, -0.2) is 63.6 Å². The minimum Gasteiger partial charge on any atom is -0.345 e. The van der Waals surface area contributed by atoms with Crippen molar-refractivity contribution in [1.82, 2.24) is 0 Å². The minimum atomic E-state index is -3.75. The van der Waals surface area contributed by atoms with E-state index in [1.165, 1.54) is 0 Å². The molecule has 3 aliphatic rings. The van der Waals surface area contributed by atoms with Crippen LogP contribution >= 0.6 is 0 Å². The molecule has 0 saturated carbocycles. The van der Waals surface area contributed by atoms with E-state index in [2.05, 4.69) is 0 Å². The second kappa shape index (κ2) is 4.85. The standard InChI is InChI=1S/C13H22O8S/c1-11(2)17-7-13(21-11)10(20-22(5,14)15)9-8(6-16-13)18-12(3,4)19-9/h8-10H,6-7H2,1-5H3/t8-,9-,10+,13?/m1/s1. The molecule has 0 N–H and O–H groups in total. The van der Waals surface area contributed by atoms with Crippen molar-refractivity contribution in [2.45, 2.75) is 63.4 Å². The second-order valence-electron chi connectivity index (χ2n) is 6.77. The number of hydrogen-bond acceptors (Lipinski definition) is 8. The molecular weight excluding hydrogens is 316 g/mol. The maximum absolute atomic E-state index is 11.7. The van der Waals surface area contributed by atoms with Crippen LogP contribution in [0.1, 0.15) is 27.7 Å². The van der Waals surface area contributed by atoms with Crippen LogP contribution in [0.25, 0.3) is 0 Å². The highest BCUT2D eigenvalue weighted by Gasteiger charge is 2.64. The van der Waals surface area contributed by atoms with Crippen molar-refractivity contribution >= 4 is 10.1 Å². The summed E-state index contributed by atoms with van der Waals surface area (Å²) in [6, 6.07) is 0. The molecule has 3 saturated heterocycles. The molecule has 1 spiro atoms. The fraction of sp³-hybridized carbons (Fsp3) is 1.00. The van der Waals surface area contributed by atoms with E-state index in [0.717, 1.165) is 6.26 Å². The molecule has 1 unspecified atom stereocenters. The lowest BCUT2D eigenvalue weighted by molar-refractivity contribution is -0.320. The SMILES string of the molecule is CC1(C)O[C@@H]2[C@@H](COC3(COC(C)(C)O3)[C@H]2OS(C)(=O)=O)O1. The fourth-order valence-corrected chi connectivity index (χ4v) is 3.71. The van der Waals surface area contributed by atoms with Crippen molar-refractivity contribution in [3.63, 3.8) is 0 Å². The zero-order chi connectivity index (χ0) is 16.4. The molecule has 0 aromatic heterocycles. The Morgan fingerprint density at radius 3 is 2.27 bits per heavy atom. The average molecular weight is 338 g/mol. The monoisotopic (exact) mass is 338 g/mol. The van der Waals surface area contributed by atoms with Gasteiger partial charge >= 0.3 is 0 Å². The highest BCUT2D eigenvalue weighted by Crippen LogP contribution is 2.45. The summed E-state index contributed by atoms with van der Waals surface area (Å²) >= 11 is 0. The Bertz CT molecular complexity index is 554. The van der Waals surface area contributed by atoms with Gasteiger partial charge < -0.3 is 23.7 Å². The van der Waals surface area contributed by atoms with E-state index >= 15 is 0 Å². The lowest BCUT2D eigenvalue weighted by Gasteiger charge is -2.42. The van der Waals surface area contributed by atoms with Crippen molar-refractivity contribution in [3.8, 4) is 0 Å². The zero-order valence-electron chi connectivity index (χ0n) is 13.3. The van der Waals surface area contributed by atoms with Gasteiger partial charge in [0, 0.05) is 0 Å². The molecule has 0 aliphatic carbocycles. The van der Waals surface area contributed by atoms with E-state index in [-0.39, 0.29) is 13.2 Å². The number of fused-ring (bicyclic) bond motifs is 1. The summed E-state index contributed by atoms with van der Waals surface area (Å²) in [6.07, 6.45) is -1.09. The molecule has 9 heteroatoms. The van der Waals surface area contributed by atoms with Crippen LogP contribution in [0.3, 0.4) is 0 Å². The second-order valence-corrected chi connectivity index (χ2v) is 8.37. The Hall–Kier alpha value is -0.290. The molecule has 4 atom stereocenters. The van der Waals surface area contributed by atoms with E-state index < -0.39 is 45.8 Å². The molecule has 3 rings (SSSR count). The van der Waals surface area contributed by atoms with E-state index in [1.807, 2.05) is 0 Å². The maximum atomic E-state index is 11.7. The van der Waals surface area contributed by atoms with Crippen LogP contribution in [0.4, 0.5) is 0 Å². The van der Waals surface area contributed by atoms with Gasteiger partial charge in [-0.1, -0.05) is 0 Å². The first-order valence-corrected chi connectivity index (χ1v) is 8.95. The normalized spacial score (nSPS) is 43.4. The van der Waals surface area contributed by atoms with Crippen LogP contribution in [0.5, 0.6) is 0 Å². The lowest BCUT2D eigenvalue weighted by Crippen LogP contribution is -2.63. The first-order chi connectivity index (χ1) is 9.92. The summed E-state index contributed by atoms with van der Waals surface area (Å²) in [4.78, 5) is 0. The molecular formula is C13H22O8S. The Labute approximate surface area is 130 Å². The van der Waals surface area contributed by atoms with E-state index in [4.69, 9.17) is 27.9 Å². The molecule has 128 valence electrons. The third-order valence-corrected chi connectivity index (χ3v) is 4.32. The molecule has 3 aliphatic heterocycles. The zero-order valence-corrected chi connectivity index (χ0v) is 14.1. The molecule has 3 fully saturated rings. The number of ether oxygens (including phenoxy) is 5. The van der Waals surface area contributed by atoms with Crippen LogP contribution in [-0.2, 0) is 38.0 Å². The quantitative estimate of drug-likeness (QED) is 0.667. The lowest BCUT2D eigenvalue weighted by atomic mass is 9.97. The van der Waals surface area contributed by atoms with Crippen LogP contribution < -0.4 is 0 Å². The molecule has 8 nitrogen and oxygen atoms in total. The highest BCUT2D eigenvalue weighted by molar-refractivity contribution is 7.86. The van der Waals surface area contributed by atoms with Gasteiger partial charge in [0.05, 0.1) is 12.9 Å². The summed E-state index contributed by atoms with van der Waals surface area (Å²) in [5, 5.41) is 0. The smallest absolute Gasteiger partial charge is 0.264 e. The van der Waals surface area contributed by atoms with Gasteiger partial charge in [-0.05, 0) is 27.7 Å². The molecule has 0 aromatic rings. The largest absolute Gasteiger partial charge is 0.345 e. The van der Waals surface area contributed by atoms with E-state index in [1.54, 1.807) is 27.7 Å². The van der Waals surface area contributed by atoms with Crippen molar-refractivity contribution in [1.29, 1.82) is 0 Å². The van der Waals surface area contributed by atoms with E-state index in [0.29, 0.717) is 0 Å². The topological polar surface area (TPSA) is 89.5 Å². The highest BCUT2D eigenvalue weighted by atomic mass is 32.2. The van der Waals surface area contributed by atoms with Gasteiger partial charge in [-0.2, -0.15) is 8.42 Å².